The first-order valence-corrected chi connectivity index (χ1v) is 13.3. The van der Waals surface area contributed by atoms with E-state index in [0.717, 1.165) is 10.1 Å². The summed E-state index contributed by atoms with van der Waals surface area (Å²) in [6, 6.07) is 1.76. The fourth-order valence-electron chi connectivity index (χ4n) is 4.39. The molecule has 11 heteroatoms. The summed E-state index contributed by atoms with van der Waals surface area (Å²) in [5.74, 6) is -0.757. The predicted octanol–water partition coefficient (Wildman–Crippen LogP) is 4.38. The second kappa shape index (κ2) is 11.6. The number of rotatable bonds is 11. The Bertz CT molecular complexity index is 1570. The van der Waals surface area contributed by atoms with Gasteiger partial charge < -0.3 is 14.6 Å². The third-order valence-electron chi connectivity index (χ3n) is 6.28. The number of thiophene rings is 1. The molecule has 210 valence electrons. The number of aliphatic carboxylic acids is 1. The van der Waals surface area contributed by atoms with Crippen molar-refractivity contribution in [3.8, 4) is 5.00 Å². The average Bonchev–Trinajstić information content (AvgIpc) is 3.48. The third kappa shape index (κ3) is 5.69. The summed E-state index contributed by atoms with van der Waals surface area (Å²) in [6.45, 7) is 15.9. The monoisotopic (exact) mass is 556 g/mol. The third-order valence-corrected chi connectivity index (χ3v) is 7.59. The molecule has 1 N–H and O–H groups in total. The van der Waals surface area contributed by atoms with E-state index in [4.69, 9.17) is 9.47 Å². The smallest absolute Gasteiger partial charge is 0.333 e. The lowest BCUT2D eigenvalue weighted by molar-refractivity contribution is -0.146. The molecule has 0 aromatic carbocycles. The van der Waals surface area contributed by atoms with Gasteiger partial charge in [-0.15, -0.1) is 0 Å². The minimum Gasteiger partial charge on any atom is -0.497 e. The average molecular weight is 557 g/mol. The van der Waals surface area contributed by atoms with Crippen molar-refractivity contribution in [2.45, 2.75) is 72.8 Å². The topological polar surface area (TPSA) is 118 Å². The number of hydrogen-bond donors (Lipinski definition) is 1. The molecule has 10 nitrogen and oxygen atoms in total. The molecule has 3 aromatic heterocycles. The Labute approximate surface area is 231 Å². The maximum atomic E-state index is 14.0. The SMILES string of the molecule is C=C(C)/C=C(\C(=C/C)OC)[C@H](Cn1c(=O)n(C(C)(C)C(=O)O)c(=O)c2c(C)c(-n3cccn3)sc21)OC(C)C. The first kappa shape index (κ1) is 29.9. The lowest BCUT2D eigenvalue weighted by atomic mass is 10.0. The number of hydrogen-bond acceptors (Lipinski definition) is 7. The molecule has 0 aliphatic heterocycles. The lowest BCUT2D eigenvalue weighted by Gasteiger charge is -2.27. The summed E-state index contributed by atoms with van der Waals surface area (Å²) >= 11 is 1.23. The first-order valence-electron chi connectivity index (χ1n) is 12.5. The molecule has 0 amide bonds. The molecular formula is C28H36N4O6S. The van der Waals surface area contributed by atoms with Crippen LogP contribution in [-0.2, 0) is 26.4 Å². The fraction of sp³-hybridized carbons (Fsp3) is 0.429. The summed E-state index contributed by atoms with van der Waals surface area (Å²) in [6.07, 6.45) is 6.07. The van der Waals surface area contributed by atoms with Crippen molar-refractivity contribution >= 4 is 27.5 Å². The van der Waals surface area contributed by atoms with Crippen LogP contribution in [0.2, 0.25) is 0 Å². The van der Waals surface area contributed by atoms with Crippen molar-refractivity contribution in [1.82, 2.24) is 18.9 Å². The number of fused-ring (bicyclic) bond motifs is 1. The molecule has 0 aliphatic carbocycles. The van der Waals surface area contributed by atoms with Crippen LogP contribution in [0.1, 0.15) is 47.1 Å². The first-order chi connectivity index (χ1) is 18.3. The number of allylic oxidation sites excluding steroid dienone is 3. The van der Waals surface area contributed by atoms with Crippen LogP contribution in [0.5, 0.6) is 0 Å². The van der Waals surface area contributed by atoms with Gasteiger partial charge >= 0.3 is 11.7 Å². The number of carbonyl (C=O) groups is 1. The summed E-state index contributed by atoms with van der Waals surface area (Å²) in [5.41, 5.74) is -1.22. The van der Waals surface area contributed by atoms with Crippen LogP contribution < -0.4 is 11.2 Å². The van der Waals surface area contributed by atoms with Gasteiger partial charge in [-0.3, -0.25) is 9.36 Å². The van der Waals surface area contributed by atoms with Crippen molar-refractivity contribution in [2.75, 3.05) is 7.11 Å². The van der Waals surface area contributed by atoms with Gasteiger partial charge in [-0.05, 0) is 60.6 Å². The molecule has 0 spiro atoms. The zero-order valence-electron chi connectivity index (χ0n) is 23.6. The van der Waals surface area contributed by atoms with Gasteiger partial charge in [-0.1, -0.05) is 29.6 Å². The van der Waals surface area contributed by atoms with Gasteiger partial charge in [0, 0.05) is 23.5 Å². The highest BCUT2D eigenvalue weighted by atomic mass is 32.1. The van der Waals surface area contributed by atoms with Crippen LogP contribution in [0.15, 0.2) is 63.7 Å². The maximum absolute atomic E-state index is 14.0. The highest BCUT2D eigenvalue weighted by molar-refractivity contribution is 7.21. The van der Waals surface area contributed by atoms with Gasteiger partial charge in [0.25, 0.3) is 5.56 Å². The molecule has 0 radical (unpaired) electrons. The van der Waals surface area contributed by atoms with E-state index in [2.05, 4.69) is 11.7 Å². The number of methoxy groups -OCH3 is 1. The number of ether oxygens (including phenoxy) is 2. The largest absolute Gasteiger partial charge is 0.497 e. The van der Waals surface area contributed by atoms with Crippen molar-refractivity contribution in [3.05, 3.63) is 80.5 Å². The van der Waals surface area contributed by atoms with Gasteiger partial charge in [-0.25, -0.2) is 18.8 Å². The van der Waals surface area contributed by atoms with Crippen molar-refractivity contribution in [2.24, 2.45) is 0 Å². The molecule has 39 heavy (non-hydrogen) atoms. The number of aryl methyl sites for hydroxylation is 1. The number of carboxylic acid groups (broad SMARTS) is 1. The molecule has 0 saturated heterocycles. The fourth-order valence-corrected chi connectivity index (χ4v) is 5.64. The molecular weight excluding hydrogens is 520 g/mol. The van der Waals surface area contributed by atoms with Gasteiger partial charge in [0.1, 0.15) is 27.2 Å². The summed E-state index contributed by atoms with van der Waals surface area (Å²) in [5, 5.41) is 15.2. The Morgan fingerprint density at radius 1 is 1.31 bits per heavy atom. The molecule has 0 aliphatic rings. The van der Waals surface area contributed by atoms with Gasteiger partial charge in [0.05, 0.1) is 25.1 Å². The Hall–Kier alpha value is -3.70. The minimum atomic E-state index is -1.81. The van der Waals surface area contributed by atoms with E-state index in [9.17, 15) is 19.5 Å². The standard InChI is InChI=1S/C28H36N4O6S/c1-10-20(37-9)19(14-16(2)3)21(38-17(4)5)15-30-25-22(18(6)24(39-25)31-13-11-12-29-31)23(33)32(27(30)36)28(7,8)26(34)35/h10-14,17,21H,2,15H2,1,3-9H3,(H,34,35)/b19-14+,20-10+/t21-/m0/s1. The molecule has 3 aromatic rings. The van der Waals surface area contributed by atoms with Crippen molar-refractivity contribution < 1.29 is 19.4 Å². The van der Waals surface area contributed by atoms with Crippen LogP contribution >= 0.6 is 11.3 Å². The normalized spacial score (nSPS) is 13.8. The zero-order valence-corrected chi connectivity index (χ0v) is 24.5. The van der Waals surface area contributed by atoms with E-state index in [1.54, 1.807) is 43.3 Å². The summed E-state index contributed by atoms with van der Waals surface area (Å²) < 4.78 is 15.8. The van der Waals surface area contributed by atoms with E-state index in [-0.39, 0.29) is 18.0 Å². The van der Waals surface area contributed by atoms with E-state index in [1.807, 2.05) is 33.8 Å². The second-order valence-electron chi connectivity index (χ2n) is 10.0. The Morgan fingerprint density at radius 3 is 2.46 bits per heavy atom. The lowest BCUT2D eigenvalue weighted by Crippen LogP contribution is -2.53. The molecule has 3 heterocycles. The number of aromatic nitrogens is 4. The molecule has 0 bridgehead atoms. The highest BCUT2D eigenvalue weighted by Crippen LogP contribution is 2.32. The van der Waals surface area contributed by atoms with E-state index >= 15 is 0 Å². The van der Waals surface area contributed by atoms with Crippen molar-refractivity contribution in [1.29, 1.82) is 0 Å². The van der Waals surface area contributed by atoms with Crippen LogP contribution in [0.3, 0.4) is 0 Å². The Morgan fingerprint density at radius 2 is 1.97 bits per heavy atom. The van der Waals surface area contributed by atoms with Gasteiger partial charge in [0.15, 0.2) is 0 Å². The van der Waals surface area contributed by atoms with Crippen LogP contribution in [0, 0.1) is 6.92 Å². The van der Waals surface area contributed by atoms with Crippen LogP contribution in [0.4, 0.5) is 0 Å². The van der Waals surface area contributed by atoms with Crippen molar-refractivity contribution in [3.63, 3.8) is 0 Å². The maximum Gasteiger partial charge on any atom is 0.333 e. The molecule has 0 unspecified atom stereocenters. The number of nitrogens with zero attached hydrogens (tertiary/aromatic N) is 4. The molecule has 1 atom stereocenters. The van der Waals surface area contributed by atoms with Crippen LogP contribution in [0.25, 0.3) is 15.2 Å². The summed E-state index contributed by atoms with van der Waals surface area (Å²) in [4.78, 5) is 40.5. The molecule has 0 fully saturated rings. The Kier molecular flexibility index (Phi) is 8.87. The van der Waals surface area contributed by atoms with E-state index in [1.165, 1.54) is 29.8 Å². The molecule has 3 rings (SSSR count). The quantitative estimate of drug-likeness (QED) is 0.275. The van der Waals surface area contributed by atoms with E-state index < -0.39 is 28.9 Å². The van der Waals surface area contributed by atoms with Gasteiger partial charge in [0.2, 0.25) is 0 Å². The minimum absolute atomic E-state index is 0.0121. The zero-order chi connectivity index (χ0) is 29.2. The van der Waals surface area contributed by atoms with Crippen LogP contribution in [-0.4, -0.2) is 49.3 Å². The van der Waals surface area contributed by atoms with E-state index in [0.29, 0.717) is 26.7 Å². The molecule has 0 saturated carbocycles. The summed E-state index contributed by atoms with van der Waals surface area (Å²) in [7, 11) is 1.55. The Balaban J connectivity index is 2.45. The predicted molar refractivity (Wildman–Crippen MR) is 153 cm³/mol. The highest BCUT2D eigenvalue weighted by Gasteiger charge is 2.36. The second-order valence-corrected chi connectivity index (χ2v) is 11.0. The number of carboxylic acids is 1. The van der Waals surface area contributed by atoms with Gasteiger partial charge in [-0.2, -0.15) is 5.10 Å².